The fraction of sp³-hybridized carbons (Fsp3) is 0.391. The summed E-state index contributed by atoms with van der Waals surface area (Å²) in [6, 6.07) is 13.8. The van der Waals surface area contributed by atoms with Gasteiger partial charge < -0.3 is 15.4 Å². The Hall–Kier alpha value is -2.82. The number of carbonyl (C=O) groups excluding carboxylic acids is 2. The van der Waals surface area contributed by atoms with E-state index in [2.05, 4.69) is 17.6 Å². The number of aryl methyl sites for hydroxylation is 2. The first-order valence-corrected chi connectivity index (χ1v) is 9.83. The van der Waals surface area contributed by atoms with Gasteiger partial charge >= 0.3 is 0 Å². The molecule has 1 saturated carbocycles. The van der Waals surface area contributed by atoms with E-state index in [9.17, 15) is 9.59 Å². The molecule has 0 spiro atoms. The van der Waals surface area contributed by atoms with E-state index < -0.39 is 0 Å². The molecule has 0 aliphatic heterocycles. The lowest BCUT2D eigenvalue weighted by atomic mass is 10.1. The predicted octanol–water partition coefficient (Wildman–Crippen LogP) is 3.50. The maximum atomic E-state index is 12.6. The molecule has 1 aliphatic rings. The van der Waals surface area contributed by atoms with Crippen LogP contribution in [0, 0.1) is 18.8 Å². The first kappa shape index (κ1) is 19.9. The monoisotopic (exact) mass is 380 g/mol. The summed E-state index contributed by atoms with van der Waals surface area (Å²) in [5, 5.41) is 5.99. The van der Waals surface area contributed by atoms with E-state index >= 15 is 0 Å². The highest BCUT2D eigenvalue weighted by molar-refractivity contribution is 6.00. The van der Waals surface area contributed by atoms with E-state index in [4.69, 9.17) is 4.74 Å². The summed E-state index contributed by atoms with van der Waals surface area (Å²) in [6.07, 6.45) is 2.20. The zero-order valence-electron chi connectivity index (χ0n) is 16.7. The summed E-state index contributed by atoms with van der Waals surface area (Å²) in [5.41, 5.74) is 4.16. The van der Waals surface area contributed by atoms with Crippen molar-refractivity contribution in [1.82, 2.24) is 5.32 Å². The van der Waals surface area contributed by atoms with Crippen molar-refractivity contribution in [3.8, 4) is 5.75 Å². The molecule has 0 bridgehead atoms. The quantitative estimate of drug-likeness (QED) is 0.737. The largest absolute Gasteiger partial charge is 0.497 e. The van der Waals surface area contributed by atoms with E-state index in [0.29, 0.717) is 13.0 Å². The van der Waals surface area contributed by atoms with Crippen molar-refractivity contribution in [3.63, 3.8) is 0 Å². The lowest BCUT2D eigenvalue weighted by Crippen LogP contribution is -2.29. The van der Waals surface area contributed by atoms with Gasteiger partial charge in [-0.25, -0.2) is 0 Å². The van der Waals surface area contributed by atoms with Crippen LogP contribution in [0.3, 0.4) is 0 Å². The number of ether oxygens (including phenoxy) is 1. The molecule has 2 atom stereocenters. The van der Waals surface area contributed by atoms with Crippen molar-refractivity contribution in [1.29, 1.82) is 0 Å². The zero-order chi connectivity index (χ0) is 20.1. The highest BCUT2D eigenvalue weighted by Gasteiger charge is 2.48. The van der Waals surface area contributed by atoms with Gasteiger partial charge in [0.2, 0.25) is 11.8 Å². The summed E-state index contributed by atoms with van der Waals surface area (Å²) in [7, 11) is 1.64. The molecule has 148 valence electrons. The van der Waals surface area contributed by atoms with Gasteiger partial charge in [0.1, 0.15) is 5.75 Å². The Labute approximate surface area is 166 Å². The van der Waals surface area contributed by atoms with Crippen LogP contribution in [-0.4, -0.2) is 25.5 Å². The van der Waals surface area contributed by atoms with Gasteiger partial charge in [-0.05, 0) is 55.0 Å². The van der Waals surface area contributed by atoms with Gasteiger partial charge in [0, 0.05) is 12.2 Å². The van der Waals surface area contributed by atoms with Gasteiger partial charge in [-0.2, -0.15) is 0 Å². The summed E-state index contributed by atoms with van der Waals surface area (Å²) < 4.78 is 5.21. The number of carbonyl (C=O) groups is 2. The van der Waals surface area contributed by atoms with Crippen LogP contribution in [0.1, 0.15) is 30.0 Å². The third-order valence-electron chi connectivity index (χ3n) is 5.30. The van der Waals surface area contributed by atoms with E-state index in [0.717, 1.165) is 41.0 Å². The lowest BCUT2D eigenvalue weighted by Gasteiger charge is -2.13. The normalized spacial score (nSPS) is 17.7. The average Bonchev–Trinajstić information content (AvgIpc) is 3.50. The smallest absolute Gasteiger partial charge is 0.228 e. The number of benzene rings is 2. The molecule has 28 heavy (non-hydrogen) atoms. The first-order chi connectivity index (χ1) is 13.5. The molecule has 3 rings (SSSR count). The molecular weight excluding hydrogens is 352 g/mol. The molecular formula is C23H28N2O3. The SMILES string of the molecule is CCc1cccc(C)c1NC(=O)C1CC1C(=O)NCCc1cccc(OC)c1. The number of amides is 2. The molecule has 0 aromatic heterocycles. The second kappa shape index (κ2) is 8.91. The molecule has 2 aromatic rings. The number of nitrogens with one attached hydrogen (secondary N) is 2. The van der Waals surface area contributed by atoms with E-state index in [-0.39, 0.29) is 23.7 Å². The molecule has 2 aromatic carbocycles. The molecule has 2 unspecified atom stereocenters. The topological polar surface area (TPSA) is 67.4 Å². The number of anilines is 1. The van der Waals surface area contributed by atoms with Crippen molar-refractivity contribution >= 4 is 17.5 Å². The summed E-state index contributed by atoms with van der Waals surface area (Å²) in [4.78, 5) is 24.9. The van der Waals surface area contributed by atoms with Crippen molar-refractivity contribution in [2.45, 2.75) is 33.1 Å². The van der Waals surface area contributed by atoms with E-state index in [1.54, 1.807) is 7.11 Å². The summed E-state index contributed by atoms with van der Waals surface area (Å²) in [6.45, 7) is 4.61. The molecule has 5 heteroatoms. The number of methoxy groups -OCH3 is 1. The second-order valence-corrected chi connectivity index (χ2v) is 7.29. The van der Waals surface area contributed by atoms with Crippen LogP contribution in [0.5, 0.6) is 5.75 Å². The fourth-order valence-electron chi connectivity index (χ4n) is 3.48. The highest BCUT2D eigenvalue weighted by Crippen LogP contribution is 2.40. The Morgan fingerprint density at radius 2 is 1.86 bits per heavy atom. The minimum absolute atomic E-state index is 0.0384. The highest BCUT2D eigenvalue weighted by atomic mass is 16.5. The molecule has 5 nitrogen and oxygen atoms in total. The van der Waals surface area contributed by atoms with Crippen LogP contribution < -0.4 is 15.4 Å². The fourth-order valence-corrected chi connectivity index (χ4v) is 3.48. The Kier molecular flexibility index (Phi) is 6.34. The first-order valence-electron chi connectivity index (χ1n) is 9.83. The predicted molar refractivity (Wildman–Crippen MR) is 110 cm³/mol. The van der Waals surface area contributed by atoms with Gasteiger partial charge in [0.25, 0.3) is 0 Å². The number of rotatable bonds is 8. The van der Waals surface area contributed by atoms with Crippen LogP contribution in [0.25, 0.3) is 0 Å². The zero-order valence-corrected chi connectivity index (χ0v) is 16.7. The molecule has 1 fully saturated rings. The summed E-state index contributed by atoms with van der Waals surface area (Å²) in [5.74, 6) is 0.256. The number of para-hydroxylation sites is 1. The van der Waals surface area contributed by atoms with E-state index in [1.807, 2.05) is 49.4 Å². The van der Waals surface area contributed by atoms with Gasteiger partial charge in [-0.3, -0.25) is 9.59 Å². The van der Waals surface area contributed by atoms with E-state index in [1.165, 1.54) is 0 Å². The van der Waals surface area contributed by atoms with Gasteiger partial charge in [0.05, 0.1) is 18.9 Å². The van der Waals surface area contributed by atoms with Crippen LogP contribution in [0.2, 0.25) is 0 Å². The Morgan fingerprint density at radius 1 is 1.11 bits per heavy atom. The Bertz CT molecular complexity index is 863. The van der Waals surface area contributed by atoms with Gasteiger partial charge in [0.15, 0.2) is 0 Å². The number of hydrogen-bond acceptors (Lipinski definition) is 3. The molecule has 2 N–H and O–H groups in total. The third-order valence-corrected chi connectivity index (χ3v) is 5.30. The maximum absolute atomic E-state index is 12.6. The van der Waals surface area contributed by atoms with Crippen LogP contribution >= 0.6 is 0 Å². The minimum Gasteiger partial charge on any atom is -0.497 e. The molecule has 0 radical (unpaired) electrons. The van der Waals surface area contributed by atoms with Crippen LogP contribution in [0.15, 0.2) is 42.5 Å². The third kappa shape index (κ3) is 4.71. The van der Waals surface area contributed by atoms with Gasteiger partial charge in [-0.1, -0.05) is 37.3 Å². The number of hydrogen-bond donors (Lipinski definition) is 2. The molecule has 1 aliphatic carbocycles. The minimum atomic E-state index is -0.235. The van der Waals surface area contributed by atoms with Crippen LogP contribution in [0.4, 0.5) is 5.69 Å². The second-order valence-electron chi connectivity index (χ2n) is 7.29. The average molecular weight is 380 g/mol. The van der Waals surface area contributed by atoms with Crippen molar-refractivity contribution in [2.24, 2.45) is 11.8 Å². The van der Waals surface area contributed by atoms with Crippen molar-refractivity contribution in [3.05, 3.63) is 59.2 Å². The lowest BCUT2D eigenvalue weighted by molar-refractivity contribution is -0.125. The Balaban J connectivity index is 1.48. The molecule has 2 amide bonds. The van der Waals surface area contributed by atoms with Crippen molar-refractivity contribution in [2.75, 3.05) is 19.0 Å². The molecule has 0 heterocycles. The summed E-state index contributed by atoms with van der Waals surface area (Å²) >= 11 is 0. The molecule has 0 saturated heterocycles. The Morgan fingerprint density at radius 3 is 2.61 bits per heavy atom. The maximum Gasteiger partial charge on any atom is 0.228 e. The van der Waals surface area contributed by atoms with Crippen LogP contribution in [-0.2, 0) is 22.4 Å². The van der Waals surface area contributed by atoms with Crippen molar-refractivity contribution < 1.29 is 14.3 Å². The van der Waals surface area contributed by atoms with Gasteiger partial charge in [-0.15, -0.1) is 0 Å². The standard InChI is InChI=1S/C23H28N2O3/c1-4-17-9-5-7-15(2)21(17)25-23(27)20-14-19(20)22(26)24-12-11-16-8-6-10-18(13-16)28-3/h5-10,13,19-20H,4,11-12,14H2,1-3H3,(H,24,26)(H,25,27).